The second-order valence-corrected chi connectivity index (χ2v) is 39.9. The van der Waals surface area contributed by atoms with Crippen LogP contribution in [0.3, 0.4) is 0 Å². The van der Waals surface area contributed by atoms with E-state index in [2.05, 4.69) is 190 Å². The number of rotatable bonds is 5. The maximum atomic E-state index is 7.97. The number of ether oxygens (including phenoxy) is 3. The van der Waals surface area contributed by atoms with E-state index in [1.807, 2.05) is 22.7 Å². The number of hydrogen-bond acceptors (Lipinski definition) is 8. The molecule has 0 atom stereocenters. The predicted molar refractivity (Wildman–Crippen MR) is 438 cm³/mol. The fourth-order valence-electron chi connectivity index (χ4n) is 28.8. The molecule has 0 amide bonds. The van der Waals surface area contributed by atoms with Gasteiger partial charge in [-0.2, -0.15) is 0 Å². The highest BCUT2D eigenvalue weighted by molar-refractivity contribution is 7.34. The quantitative estimate of drug-likeness (QED) is 0.173. The molecule has 12 bridgehead atoms. The Morgan fingerprint density at radius 1 is 0.352 bits per heavy atom. The molecule has 6 nitrogen and oxygen atoms in total. The largest absolute Gasteiger partial charge is 0.458 e. The average molecular weight is 1400 g/mol. The zero-order valence-electron chi connectivity index (χ0n) is 61.3. The molecule has 0 radical (unpaired) electrons. The summed E-state index contributed by atoms with van der Waals surface area (Å²) in [5.74, 6) is 13.4. The first kappa shape index (κ1) is 60.0. The van der Waals surface area contributed by atoms with Crippen molar-refractivity contribution in [2.24, 2.45) is 53.3 Å². The lowest BCUT2D eigenvalue weighted by Gasteiger charge is -2.57. The van der Waals surface area contributed by atoms with Crippen molar-refractivity contribution >= 4 is 156 Å². The van der Waals surface area contributed by atoms with Crippen LogP contribution >= 0.6 is 22.7 Å². The Bertz CT molecular complexity index is 5380. The SMILES string of the molecule is Cc1cc(C)c(N2c3cc4c(cc3B3c5cc6c(cc5N(c5c(C)cc(C)cc5C)c5cc(C78CC9CC(CC(C9)C7)C8)cc2c53)Oc2cc(C35CC7CC(CC(C7)C3)C5)cc3c2B6c2sc5ccccc5c2O3)B2c3sc5ccccc5c3Oc3cc(C56CC7CC(CC(C7)C5)C6)cc(c32)N4)c(C)c1. The molecule has 1 N–H and O–H groups in total. The van der Waals surface area contributed by atoms with Gasteiger partial charge in [0.15, 0.2) is 0 Å². The van der Waals surface area contributed by atoms with E-state index in [-0.39, 0.29) is 36.4 Å². The lowest BCUT2D eigenvalue weighted by molar-refractivity contribution is -0.00539. The Kier molecular flexibility index (Phi) is 11.6. The van der Waals surface area contributed by atoms with Gasteiger partial charge in [-0.1, -0.05) is 71.8 Å². The average Bonchev–Trinajstić information content (AvgIpc) is 1.27. The Labute approximate surface area is 625 Å². The molecule has 0 unspecified atom stereocenters. The molecule has 9 aromatic carbocycles. The fourth-order valence-corrected chi connectivity index (χ4v) is 31.3. The van der Waals surface area contributed by atoms with E-state index in [0.29, 0.717) is 0 Å². The van der Waals surface area contributed by atoms with Gasteiger partial charge in [0, 0.05) is 75.4 Å². The van der Waals surface area contributed by atoms with Crippen LogP contribution in [0.1, 0.15) is 166 Å². The fraction of sp³-hybridized carbons (Fsp3) is 0.383. The molecule has 8 heterocycles. The topological polar surface area (TPSA) is 46.2 Å². The number of thiophene rings is 2. The van der Waals surface area contributed by atoms with Crippen molar-refractivity contribution < 1.29 is 14.2 Å². The summed E-state index contributed by atoms with van der Waals surface area (Å²) in [7, 11) is 0. The van der Waals surface area contributed by atoms with Gasteiger partial charge >= 0.3 is 0 Å². The third-order valence-corrected chi connectivity index (χ3v) is 33.5. The molecule has 18 aliphatic rings. The van der Waals surface area contributed by atoms with Gasteiger partial charge in [0.25, 0.3) is 20.1 Å². The van der Waals surface area contributed by atoms with Crippen LogP contribution in [-0.2, 0) is 16.2 Å². The van der Waals surface area contributed by atoms with Crippen molar-refractivity contribution in [2.45, 2.75) is 173 Å². The first-order valence-electron chi connectivity index (χ1n) is 40.7. The van der Waals surface area contributed by atoms with Gasteiger partial charge < -0.3 is 29.3 Å². The second-order valence-electron chi connectivity index (χ2n) is 37.8. The van der Waals surface area contributed by atoms with Crippen LogP contribution in [0.5, 0.6) is 34.5 Å². The summed E-state index contributed by atoms with van der Waals surface area (Å²) in [4.78, 5) is 5.65. The van der Waals surface area contributed by atoms with Crippen molar-refractivity contribution in [3.63, 3.8) is 0 Å². The zero-order chi connectivity index (χ0) is 68.9. The van der Waals surface area contributed by atoms with E-state index < -0.39 is 0 Å². The first-order valence-corrected chi connectivity index (χ1v) is 42.3. The van der Waals surface area contributed by atoms with E-state index >= 15 is 0 Å². The normalized spacial score (nSPS) is 29.4. The number of nitrogens with one attached hydrogen (secondary N) is 1. The van der Waals surface area contributed by atoms with Gasteiger partial charge in [0.2, 0.25) is 0 Å². The molecule has 0 spiro atoms. The smallest absolute Gasteiger partial charge is 0.273 e. The minimum atomic E-state index is -0.160. The van der Waals surface area contributed by atoms with Crippen LogP contribution in [0.2, 0.25) is 0 Å². The molecule has 105 heavy (non-hydrogen) atoms. The van der Waals surface area contributed by atoms with Gasteiger partial charge in [-0.3, -0.25) is 0 Å². The maximum absolute atomic E-state index is 7.97. The van der Waals surface area contributed by atoms with E-state index in [4.69, 9.17) is 14.2 Å². The number of fused-ring (bicyclic) bond motifs is 16. The predicted octanol–water partition coefficient (Wildman–Crippen LogP) is 18.9. The molecular formula is C94H86B3N3O3S2. The van der Waals surface area contributed by atoms with Crippen molar-refractivity contribution in [3.8, 4) is 34.5 Å². The lowest BCUT2D eigenvalue weighted by Crippen LogP contribution is -2.65. The molecule has 11 aromatic rings. The maximum Gasteiger partial charge on any atom is 0.273 e. The Balaban J connectivity index is 0.762. The second kappa shape index (κ2) is 20.4. The van der Waals surface area contributed by atoms with Crippen LogP contribution in [0.25, 0.3) is 20.2 Å². The minimum absolute atomic E-state index is 0.0417. The van der Waals surface area contributed by atoms with Crippen LogP contribution in [0.15, 0.2) is 133 Å². The molecule has 11 heteroatoms. The summed E-state index contributed by atoms with van der Waals surface area (Å²) in [6.45, 7) is 13.9. The number of anilines is 8. The summed E-state index contributed by atoms with van der Waals surface area (Å²) < 4.78 is 28.3. The molecule has 2 aromatic heterocycles. The number of hydrogen-bond donors (Lipinski definition) is 1. The Morgan fingerprint density at radius 2 is 0.743 bits per heavy atom. The third-order valence-electron chi connectivity index (χ3n) is 31.1. The highest BCUT2D eigenvalue weighted by Crippen LogP contribution is 2.66. The van der Waals surface area contributed by atoms with Gasteiger partial charge in [-0.15, -0.1) is 22.7 Å². The summed E-state index contributed by atoms with van der Waals surface area (Å²) >= 11 is 3.89. The monoisotopic (exact) mass is 1400 g/mol. The summed E-state index contributed by atoms with van der Waals surface area (Å²) in [6.07, 6.45) is 24.3. The first-order chi connectivity index (χ1) is 51.2. The van der Waals surface area contributed by atoms with E-state index in [9.17, 15) is 0 Å². The van der Waals surface area contributed by atoms with E-state index in [0.717, 1.165) is 87.8 Å². The summed E-state index contributed by atoms with van der Waals surface area (Å²) in [6, 6.07) is 54.7. The number of benzene rings is 9. The highest BCUT2D eigenvalue weighted by Gasteiger charge is 2.58. The molecule has 516 valence electrons. The minimum Gasteiger partial charge on any atom is -0.458 e. The van der Waals surface area contributed by atoms with E-state index in [1.54, 1.807) is 5.56 Å². The van der Waals surface area contributed by atoms with Gasteiger partial charge in [-0.25, -0.2) is 0 Å². The summed E-state index contributed by atoms with van der Waals surface area (Å²) in [5.41, 5.74) is 32.3. The number of nitrogens with zero attached hydrogens (tertiary/aromatic N) is 2. The Hall–Kier alpha value is -8.11. The molecule has 12 saturated carbocycles. The molecule has 29 rings (SSSR count). The zero-order valence-corrected chi connectivity index (χ0v) is 62.9. The van der Waals surface area contributed by atoms with Gasteiger partial charge in [-0.05, 0) is 365 Å². The van der Waals surface area contributed by atoms with Crippen molar-refractivity contribution in [2.75, 3.05) is 15.1 Å². The third kappa shape index (κ3) is 8.01. The van der Waals surface area contributed by atoms with Crippen LogP contribution < -0.4 is 77.1 Å². The van der Waals surface area contributed by atoms with Gasteiger partial charge in [0.05, 0.1) is 11.4 Å². The molecular weight excluding hydrogens is 1320 g/mol. The molecule has 0 saturated heterocycles. The molecule has 12 fully saturated rings. The lowest BCUT2D eigenvalue weighted by atomic mass is 9.30. The van der Waals surface area contributed by atoms with Crippen LogP contribution in [0, 0.1) is 94.8 Å². The number of aryl methyl sites for hydroxylation is 6. The van der Waals surface area contributed by atoms with E-state index in [1.165, 1.54) is 274 Å². The Morgan fingerprint density at radius 3 is 1.21 bits per heavy atom. The molecule has 6 aliphatic heterocycles. The van der Waals surface area contributed by atoms with Crippen LogP contribution in [-0.4, -0.2) is 20.1 Å². The van der Waals surface area contributed by atoms with Crippen LogP contribution in [0.4, 0.5) is 45.5 Å². The van der Waals surface area contributed by atoms with Gasteiger partial charge in [0.1, 0.15) is 34.5 Å². The van der Waals surface area contributed by atoms with Crippen molar-refractivity contribution in [3.05, 3.63) is 184 Å². The summed E-state index contributed by atoms with van der Waals surface area (Å²) in [5, 5.41) is 6.86. The highest BCUT2D eigenvalue weighted by atomic mass is 32.1. The van der Waals surface area contributed by atoms with Crippen molar-refractivity contribution in [1.82, 2.24) is 0 Å². The van der Waals surface area contributed by atoms with Crippen molar-refractivity contribution in [1.29, 1.82) is 0 Å². The standard InChI is InChI=1S/C94H86B3N3O3S2/c1-47-15-49(3)86(50(4)16-47)99-73-36-71-67(96-83-72(98-71)28-62(92-38-53-19-54(39-92)21-55(20-53)40-92)31-78(83)102-88-65-11-7-9-13-81(65)104-90(88)96)34-68(73)95-69-35-70-77(37-74(69)100(87-51(5)17-48(2)18-52(87)6)76-30-63(29-75(99)84(76)95)93-41-56-22-57(42-93)24-58(23-56)43-93)101-79-32-64(94-44-59-25-60(45-94)27-61(26-59)46-94)33-80-85(79)97(70)91-89(103-80)66-12-8-10-14-82(66)105-91/h7-18,28-37,53-61,98H,19-27,38-46H2,1-6H3. The molecule has 12 aliphatic carbocycles.